The first-order valence-corrected chi connectivity index (χ1v) is 7.48. The van der Waals surface area contributed by atoms with Crippen LogP contribution in [0.5, 0.6) is 0 Å². The Bertz CT molecular complexity index is 863. The lowest BCUT2D eigenvalue weighted by Crippen LogP contribution is -2.41. The van der Waals surface area contributed by atoms with Crippen molar-refractivity contribution in [2.24, 2.45) is 18.0 Å². The van der Waals surface area contributed by atoms with Crippen LogP contribution in [0.15, 0.2) is 29.4 Å². The standard InChI is InChI=1S/C17H19N3O3/c1-9(2)17(3)16(23)18-14(19-17)11-5-6-12-10(7-8-20(12)4)13(11)15(21)22/h5-9H,1-4H3,(H,21,22)(H,18,19,23). The van der Waals surface area contributed by atoms with E-state index in [4.69, 9.17) is 0 Å². The highest BCUT2D eigenvalue weighted by atomic mass is 16.4. The third-order valence-electron chi connectivity index (χ3n) is 4.70. The molecule has 0 saturated heterocycles. The number of amidine groups is 1. The van der Waals surface area contributed by atoms with Crippen molar-refractivity contribution in [3.8, 4) is 0 Å². The van der Waals surface area contributed by atoms with Gasteiger partial charge in [0.15, 0.2) is 0 Å². The number of hydrogen-bond donors (Lipinski definition) is 2. The molecule has 3 rings (SSSR count). The predicted octanol–water partition coefficient (Wildman–Crippen LogP) is 2.17. The monoisotopic (exact) mass is 313 g/mol. The number of carbonyl (C=O) groups is 2. The molecule has 1 aromatic heterocycles. The molecule has 1 aliphatic heterocycles. The number of hydrogen-bond acceptors (Lipinski definition) is 3. The zero-order chi connectivity index (χ0) is 16.9. The second kappa shape index (κ2) is 4.94. The van der Waals surface area contributed by atoms with Crippen LogP contribution in [0.25, 0.3) is 10.9 Å². The van der Waals surface area contributed by atoms with Crippen molar-refractivity contribution < 1.29 is 14.7 Å². The molecule has 0 radical (unpaired) electrons. The molecule has 0 bridgehead atoms. The van der Waals surface area contributed by atoms with Crippen molar-refractivity contribution in [2.45, 2.75) is 26.3 Å². The van der Waals surface area contributed by atoms with Crippen LogP contribution in [0.3, 0.4) is 0 Å². The van der Waals surface area contributed by atoms with E-state index in [0.29, 0.717) is 16.8 Å². The van der Waals surface area contributed by atoms with Gasteiger partial charge in [0.05, 0.1) is 5.56 Å². The Labute approximate surface area is 133 Å². The summed E-state index contributed by atoms with van der Waals surface area (Å²) < 4.78 is 1.86. The van der Waals surface area contributed by atoms with E-state index < -0.39 is 11.5 Å². The Balaban J connectivity index is 2.24. The van der Waals surface area contributed by atoms with Gasteiger partial charge in [0, 0.05) is 29.7 Å². The number of aromatic nitrogens is 1. The highest BCUT2D eigenvalue weighted by Crippen LogP contribution is 2.30. The molecular formula is C17H19N3O3. The first kappa shape index (κ1) is 15.3. The van der Waals surface area contributed by atoms with Gasteiger partial charge in [-0.05, 0) is 31.0 Å². The molecule has 1 unspecified atom stereocenters. The average molecular weight is 313 g/mol. The number of nitrogens with one attached hydrogen (secondary N) is 1. The summed E-state index contributed by atoms with van der Waals surface area (Å²) in [6, 6.07) is 5.31. The number of carbonyl (C=O) groups excluding carboxylic acids is 1. The molecule has 120 valence electrons. The number of aryl methyl sites for hydroxylation is 1. The molecule has 2 heterocycles. The Hall–Kier alpha value is -2.63. The quantitative estimate of drug-likeness (QED) is 0.911. The van der Waals surface area contributed by atoms with Crippen LogP contribution in [0.2, 0.25) is 0 Å². The van der Waals surface area contributed by atoms with Gasteiger partial charge in [0.1, 0.15) is 11.4 Å². The predicted molar refractivity (Wildman–Crippen MR) is 87.8 cm³/mol. The molecule has 1 amide bonds. The molecule has 0 saturated carbocycles. The van der Waals surface area contributed by atoms with E-state index in [0.717, 1.165) is 5.52 Å². The topological polar surface area (TPSA) is 83.7 Å². The highest BCUT2D eigenvalue weighted by molar-refractivity contribution is 6.21. The van der Waals surface area contributed by atoms with Gasteiger partial charge in [0.2, 0.25) is 0 Å². The third kappa shape index (κ3) is 2.13. The number of rotatable bonds is 3. The minimum absolute atomic E-state index is 0.00809. The van der Waals surface area contributed by atoms with E-state index >= 15 is 0 Å². The summed E-state index contributed by atoms with van der Waals surface area (Å²) in [6.45, 7) is 5.61. The number of benzene rings is 1. The first-order valence-electron chi connectivity index (χ1n) is 7.48. The van der Waals surface area contributed by atoms with Gasteiger partial charge in [-0.3, -0.25) is 9.79 Å². The summed E-state index contributed by atoms with van der Waals surface area (Å²) in [4.78, 5) is 28.6. The van der Waals surface area contributed by atoms with Crippen molar-refractivity contribution >= 4 is 28.6 Å². The van der Waals surface area contributed by atoms with Crippen LogP contribution < -0.4 is 5.32 Å². The lowest BCUT2D eigenvalue weighted by atomic mass is 9.89. The van der Waals surface area contributed by atoms with Gasteiger partial charge in [-0.15, -0.1) is 0 Å². The van der Waals surface area contributed by atoms with Crippen molar-refractivity contribution in [3.63, 3.8) is 0 Å². The van der Waals surface area contributed by atoms with E-state index in [9.17, 15) is 14.7 Å². The maximum atomic E-state index is 12.3. The third-order valence-corrected chi connectivity index (χ3v) is 4.70. The van der Waals surface area contributed by atoms with E-state index in [1.54, 1.807) is 19.1 Å². The highest BCUT2D eigenvalue weighted by Gasteiger charge is 2.42. The Morgan fingerprint density at radius 3 is 2.61 bits per heavy atom. The summed E-state index contributed by atoms with van der Waals surface area (Å²) in [5, 5.41) is 13.0. The van der Waals surface area contributed by atoms with Gasteiger partial charge >= 0.3 is 5.97 Å². The molecule has 6 heteroatoms. The summed E-state index contributed by atoms with van der Waals surface area (Å²) in [5.41, 5.74) is 0.545. The number of amides is 1. The largest absolute Gasteiger partial charge is 0.478 e. The Kier molecular flexibility index (Phi) is 3.28. The van der Waals surface area contributed by atoms with Gasteiger partial charge in [-0.1, -0.05) is 13.8 Å². The molecule has 6 nitrogen and oxygen atoms in total. The lowest BCUT2D eigenvalue weighted by molar-refractivity contribution is -0.124. The van der Waals surface area contributed by atoms with Crippen LogP contribution >= 0.6 is 0 Å². The molecule has 0 fully saturated rings. The number of aromatic carboxylic acids is 1. The fourth-order valence-electron chi connectivity index (χ4n) is 2.84. The van der Waals surface area contributed by atoms with E-state index in [1.807, 2.05) is 37.7 Å². The Morgan fingerprint density at radius 2 is 2.04 bits per heavy atom. The second-order valence-electron chi connectivity index (χ2n) is 6.37. The fourth-order valence-corrected chi connectivity index (χ4v) is 2.84. The maximum absolute atomic E-state index is 12.3. The zero-order valence-corrected chi connectivity index (χ0v) is 13.5. The number of aliphatic imine (C=N–C) groups is 1. The van der Waals surface area contributed by atoms with Crippen molar-refractivity contribution in [1.29, 1.82) is 0 Å². The first-order chi connectivity index (χ1) is 10.8. The number of fused-ring (bicyclic) bond motifs is 1. The molecule has 23 heavy (non-hydrogen) atoms. The molecule has 2 N–H and O–H groups in total. The van der Waals surface area contributed by atoms with Gasteiger partial charge < -0.3 is 15.0 Å². The summed E-state index contributed by atoms with van der Waals surface area (Å²) in [6.07, 6.45) is 1.81. The molecule has 1 aliphatic rings. The molecular weight excluding hydrogens is 294 g/mol. The van der Waals surface area contributed by atoms with Crippen molar-refractivity contribution in [1.82, 2.24) is 9.88 Å². The van der Waals surface area contributed by atoms with Crippen LogP contribution in [-0.2, 0) is 11.8 Å². The number of carboxylic acids is 1. The van der Waals surface area contributed by atoms with E-state index in [-0.39, 0.29) is 17.4 Å². The van der Waals surface area contributed by atoms with Crippen LogP contribution in [0, 0.1) is 5.92 Å². The number of carboxylic acid groups (broad SMARTS) is 1. The molecule has 1 atom stereocenters. The van der Waals surface area contributed by atoms with Crippen LogP contribution in [0.1, 0.15) is 36.7 Å². The van der Waals surface area contributed by atoms with Gasteiger partial charge in [-0.25, -0.2) is 4.79 Å². The molecule has 0 spiro atoms. The second-order valence-corrected chi connectivity index (χ2v) is 6.37. The average Bonchev–Trinajstić information content (AvgIpc) is 3.00. The minimum atomic E-state index is -1.04. The SMILES string of the molecule is CC(C)C1(C)N=C(c2ccc3c(ccn3C)c2C(=O)O)NC1=O. The smallest absolute Gasteiger partial charge is 0.337 e. The lowest BCUT2D eigenvalue weighted by Gasteiger charge is -2.21. The Morgan fingerprint density at radius 1 is 1.35 bits per heavy atom. The summed E-state index contributed by atoms with van der Waals surface area (Å²) in [7, 11) is 1.86. The fraction of sp³-hybridized carbons (Fsp3) is 0.353. The molecule has 0 aliphatic carbocycles. The van der Waals surface area contributed by atoms with Crippen molar-refractivity contribution in [2.75, 3.05) is 0 Å². The van der Waals surface area contributed by atoms with Gasteiger partial charge in [-0.2, -0.15) is 0 Å². The minimum Gasteiger partial charge on any atom is -0.478 e. The number of nitrogens with zero attached hydrogens (tertiary/aromatic N) is 2. The van der Waals surface area contributed by atoms with Gasteiger partial charge in [0.25, 0.3) is 5.91 Å². The normalized spacial score (nSPS) is 20.9. The summed E-state index contributed by atoms with van der Waals surface area (Å²) >= 11 is 0. The van der Waals surface area contributed by atoms with E-state index in [2.05, 4.69) is 10.3 Å². The maximum Gasteiger partial charge on any atom is 0.337 e. The molecule has 2 aromatic rings. The van der Waals surface area contributed by atoms with Crippen molar-refractivity contribution in [3.05, 3.63) is 35.5 Å². The zero-order valence-electron chi connectivity index (χ0n) is 13.5. The van der Waals surface area contributed by atoms with Crippen LogP contribution in [-0.4, -0.2) is 32.9 Å². The molecule has 1 aromatic carbocycles. The van der Waals surface area contributed by atoms with Crippen LogP contribution in [0.4, 0.5) is 0 Å². The summed E-state index contributed by atoms with van der Waals surface area (Å²) in [5.74, 6) is -0.901. The van der Waals surface area contributed by atoms with E-state index in [1.165, 1.54) is 0 Å².